The van der Waals surface area contributed by atoms with E-state index in [1.54, 1.807) is 31.2 Å². The maximum absolute atomic E-state index is 11.8. The number of nitrogens with two attached hydrogens (primary N) is 1. The van der Waals surface area contributed by atoms with E-state index in [9.17, 15) is 4.79 Å². The fourth-order valence-electron chi connectivity index (χ4n) is 1.29. The monoisotopic (exact) mass is 285 g/mol. The number of urea groups is 1. The lowest BCUT2D eigenvalue weighted by atomic mass is 9.99. The zero-order chi connectivity index (χ0) is 13.8. The van der Waals surface area contributed by atoms with E-state index < -0.39 is 5.54 Å². The van der Waals surface area contributed by atoms with E-state index in [0.717, 1.165) is 0 Å². The van der Waals surface area contributed by atoms with Gasteiger partial charge in [-0.1, -0.05) is 42.9 Å². The van der Waals surface area contributed by atoms with Crippen LogP contribution in [0.25, 0.3) is 0 Å². The number of carbonyl (C=O) groups excluding carboxylic acids is 1. The van der Waals surface area contributed by atoms with Crippen molar-refractivity contribution < 1.29 is 4.79 Å². The number of hydrogen-bond donors (Lipinski definition) is 3. The van der Waals surface area contributed by atoms with Crippen LogP contribution in [0.3, 0.4) is 0 Å². The maximum Gasteiger partial charge on any atom is 0.320 e. The zero-order valence-corrected chi connectivity index (χ0v) is 11.9. The molecule has 0 aliphatic rings. The number of amides is 2. The first-order valence-electron chi connectivity index (χ1n) is 5.52. The lowest BCUT2D eigenvalue weighted by Gasteiger charge is -2.28. The van der Waals surface area contributed by atoms with Crippen LogP contribution < -0.4 is 16.4 Å². The second-order valence-electron chi connectivity index (χ2n) is 4.11. The molecule has 0 spiro atoms. The van der Waals surface area contributed by atoms with E-state index in [-0.39, 0.29) is 11.0 Å². The van der Waals surface area contributed by atoms with Gasteiger partial charge in [0.15, 0.2) is 0 Å². The molecule has 1 atom stereocenters. The highest BCUT2D eigenvalue weighted by Gasteiger charge is 2.27. The van der Waals surface area contributed by atoms with Gasteiger partial charge in [0.1, 0.15) is 0 Å². The minimum Gasteiger partial charge on any atom is -0.391 e. The smallest absolute Gasteiger partial charge is 0.320 e. The van der Waals surface area contributed by atoms with Crippen molar-refractivity contribution in [3.05, 3.63) is 29.3 Å². The van der Waals surface area contributed by atoms with E-state index in [4.69, 9.17) is 29.6 Å². The van der Waals surface area contributed by atoms with Gasteiger partial charge < -0.3 is 16.4 Å². The van der Waals surface area contributed by atoms with Crippen molar-refractivity contribution in [3.8, 4) is 0 Å². The topological polar surface area (TPSA) is 67.2 Å². The number of rotatable bonds is 4. The second-order valence-corrected chi connectivity index (χ2v) is 4.96. The highest BCUT2D eigenvalue weighted by molar-refractivity contribution is 7.80. The van der Waals surface area contributed by atoms with Crippen LogP contribution >= 0.6 is 23.8 Å². The first-order valence-corrected chi connectivity index (χ1v) is 6.31. The Morgan fingerprint density at radius 3 is 2.61 bits per heavy atom. The average molecular weight is 286 g/mol. The standard InChI is InChI=1S/C12H16ClN3OS/c1-3-12(2,10(14)18)16-11(17)15-9-7-5-4-6-8(9)13/h4-7H,3H2,1-2H3,(H2,14,18)(H2,15,16,17). The number of hydrogen-bond acceptors (Lipinski definition) is 2. The summed E-state index contributed by atoms with van der Waals surface area (Å²) in [5.74, 6) is 0. The normalized spacial score (nSPS) is 13.5. The molecule has 1 aromatic rings. The van der Waals surface area contributed by atoms with Crippen LogP contribution in [0.4, 0.5) is 10.5 Å². The largest absolute Gasteiger partial charge is 0.391 e. The molecule has 4 N–H and O–H groups in total. The Bertz CT molecular complexity index is 466. The molecule has 0 radical (unpaired) electrons. The van der Waals surface area contributed by atoms with E-state index in [2.05, 4.69) is 10.6 Å². The zero-order valence-electron chi connectivity index (χ0n) is 10.3. The number of halogens is 1. The third-order valence-corrected chi connectivity index (χ3v) is 3.54. The summed E-state index contributed by atoms with van der Waals surface area (Å²) in [6.45, 7) is 3.68. The van der Waals surface area contributed by atoms with Gasteiger partial charge in [0, 0.05) is 0 Å². The van der Waals surface area contributed by atoms with Crippen LogP contribution in [-0.2, 0) is 0 Å². The van der Waals surface area contributed by atoms with Crippen LogP contribution in [-0.4, -0.2) is 16.6 Å². The Hall–Kier alpha value is -1.33. The lowest BCUT2D eigenvalue weighted by molar-refractivity contribution is 0.245. The van der Waals surface area contributed by atoms with E-state index >= 15 is 0 Å². The molecule has 0 aromatic heterocycles. The SMILES string of the molecule is CCC(C)(NC(=O)Nc1ccccc1Cl)C(N)=S. The first kappa shape index (κ1) is 14.7. The van der Waals surface area contributed by atoms with Crippen LogP contribution in [0.15, 0.2) is 24.3 Å². The Morgan fingerprint density at radius 2 is 2.11 bits per heavy atom. The van der Waals surface area contributed by atoms with Crippen molar-refractivity contribution in [2.75, 3.05) is 5.32 Å². The number of thiocarbonyl (C=S) groups is 1. The summed E-state index contributed by atoms with van der Waals surface area (Å²) in [5.41, 5.74) is 5.45. The summed E-state index contributed by atoms with van der Waals surface area (Å²) in [5, 5.41) is 5.87. The number of carbonyl (C=O) groups is 1. The van der Waals surface area contributed by atoms with E-state index in [1.807, 2.05) is 6.92 Å². The molecule has 98 valence electrons. The predicted octanol–water partition coefficient (Wildman–Crippen LogP) is 2.92. The average Bonchev–Trinajstić information content (AvgIpc) is 2.31. The van der Waals surface area contributed by atoms with Crippen molar-refractivity contribution >= 4 is 40.5 Å². The van der Waals surface area contributed by atoms with E-state index in [0.29, 0.717) is 17.1 Å². The van der Waals surface area contributed by atoms with Crippen molar-refractivity contribution in [2.24, 2.45) is 5.73 Å². The molecule has 18 heavy (non-hydrogen) atoms. The van der Waals surface area contributed by atoms with Crippen molar-refractivity contribution in [1.82, 2.24) is 5.32 Å². The van der Waals surface area contributed by atoms with Gasteiger partial charge in [0.2, 0.25) is 0 Å². The Labute approximate surface area is 117 Å². The molecule has 0 heterocycles. The first-order chi connectivity index (χ1) is 8.39. The Morgan fingerprint density at radius 1 is 1.50 bits per heavy atom. The molecule has 0 aliphatic heterocycles. The van der Waals surface area contributed by atoms with Crippen molar-refractivity contribution in [2.45, 2.75) is 25.8 Å². The highest BCUT2D eigenvalue weighted by atomic mass is 35.5. The Kier molecular flexibility index (Phi) is 4.93. The van der Waals surface area contributed by atoms with E-state index in [1.165, 1.54) is 0 Å². The second kappa shape index (κ2) is 6.02. The van der Waals surface area contributed by atoms with Crippen LogP contribution in [0.2, 0.25) is 5.02 Å². The third kappa shape index (κ3) is 3.58. The van der Waals surface area contributed by atoms with Gasteiger partial charge in [-0.3, -0.25) is 0 Å². The molecule has 1 unspecified atom stereocenters. The van der Waals surface area contributed by atoms with Gasteiger partial charge in [-0.05, 0) is 25.5 Å². The summed E-state index contributed by atoms with van der Waals surface area (Å²) >= 11 is 10.9. The number of benzene rings is 1. The molecule has 6 heteroatoms. The third-order valence-electron chi connectivity index (χ3n) is 2.76. The lowest BCUT2D eigenvalue weighted by Crippen LogP contribution is -2.55. The van der Waals surface area contributed by atoms with Gasteiger partial charge in [-0.15, -0.1) is 0 Å². The molecular weight excluding hydrogens is 270 g/mol. The van der Waals surface area contributed by atoms with Gasteiger partial charge in [0.05, 0.1) is 21.2 Å². The molecule has 2 amide bonds. The minimum absolute atomic E-state index is 0.249. The van der Waals surface area contributed by atoms with Crippen LogP contribution in [0.1, 0.15) is 20.3 Å². The summed E-state index contributed by atoms with van der Waals surface area (Å²) in [4.78, 5) is 12.1. The van der Waals surface area contributed by atoms with Crippen LogP contribution in [0.5, 0.6) is 0 Å². The number of para-hydroxylation sites is 1. The molecule has 0 saturated carbocycles. The maximum atomic E-state index is 11.8. The van der Waals surface area contributed by atoms with Crippen LogP contribution in [0, 0.1) is 0 Å². The summed E-state index contributed by atoms with van der Waals surface area (Å²) < 4.78 is 0. The van der Waals surface area contributed by atoms with Gasteiger partial charge in [-0.25, -0.2) is 4.79 Å². The summed E-state index contributed by atoms with van der Waals surface area (Å²) in [7, 11) is 0. The van der Waals surface area contributed by atoms with Crippen molar-refractivity contribution in [3.63, 3.8) is 0 Å². The fraction of sp³-hybridized carbons (Fsp3) is 0.333. The Balaban J connectivity index is 2.73. The molecule has 1 rings (SSSR count). The molecule has 0 aliphatic carbocycles. The predicted molar refractivity (Wildman–Crippen MR) is 79.1 cm³/mol. The van der Waals surface area contributed by atoms with Gasteiger partial charge in [-0.2, -0.15) is 0 Å². The summed E-state index contributed by atoms with van der Waals surface area (Å²) in [6, 6.07) is 6.60. The number of anilines is 1. The number of nitrogens with one attached hydrogen (secondary N) is 2. The highest BCUT2D eigenvalue weighted by Crippen LogP contribution is 2.20. The molecule has 0 bridgehead atoms. The molecular formula is C12H16ClN3OS. The van der Waals surface area contributed by atoms with Crippen molar-refractivity contribution in [1.29, 1.82) is 0 Å². The summed E-state index contributed by atoms with van der Waals surface area (Å²) in [6.07, 6.45) is 0.609. The molecule has 0 saturated heterocycles. The molecule has 1 aromatic carbocycles. The van der Waals surface area contributed by atoms with Gasteiger partial charge in [0.25, 0.3) is 0 Å². The molecule has 0 fully saturated rings. The quantitative estimate of drug-likeness (QED) is 0.745. The molecule has 4 nitrogen and oxygen atoms in total. The van der Waals surface area contributed by atoms with Gasteiger partial charge >= 0.3 is 6.03 Å². The minimum atomic E-state index is -0.708. The fourth-order valence-corrected chi connectivity index (χ4v) is 1.67.